The van der Waals surface area contributed by atoms with E-state index in [2.05, 4.69) is 10.6 Å². The second kappa shape index (κ2) is 7.75. The summed E-state index contributed by atoms with van der Waals surface area (Å²) >= 11 is 0. The highest BCUT2D eigenvalue weighted by Gasteiger charge is 2.35. The van der Waals surface area contributed by atoms with Gasteiger partial charge < -0.3 is 25.2 Å². The van der Waals surface area contributed by atoms with Gasteiger partial charge in [0.25, 0.3) is 5.69 Å². The number of nitro groups is 1. The number of esters is 1. The number of hydrogen-bond acceptors (Lipinski definition) is 7. The van der Waals surface area contributed by atoms with Crippen molar-refractivity contribution in [2.24, 2.45) is 0 Å². The number of hydrogen-bond donors (Lipinski definition) is 2. The van der Waals surface area contributed by atoms with Crippen molar-refractivity contribution in [2.45, 2.75) is 44.8 Å². The molecule has 10 heteroatoms. The molecule has 2 aliphatic rings. The van der Waals surface area contributed by atoms with E-state index in [1.165, 1.54) is 13.2 Å². The minimum atomic E-state index is -1.02. The Morgan fingerprint density at radius 2 is 1.96 bits per heavy atom. The first-order chi connectivity index (χ1) is 13.3. The summed E-state index contributed by atoms with van der Waals surface area (Å²) in [5.41, 5.74) is -0.120. The first-order valence-electron chi connectivity index (χ1n) is 8.84. The van der Waals surface area contributed by atoms with Crippen molar-refractivity contribution >= 4 is 17.7 Å². The Morgan fingerprint density at radius 1 is 1.29 bits per heavy atom. The summed E-state index contributed by atoms with van der Waals surface area (Å²) in [7, 11) is 1.21. The molecule has 1 aliphatic heterocycles. The molecule has 1 saturated carbocycles. The normalized spacial score (nSPS) is 19.8. The summed E-state index contributed by atoms with van der Waals surface area (Å²) in [5, 5.41) is 28.4. The first-order valence-corrected chi connectivity index (χ1v) is 8.84. The van der Waals surface area contributed by atoms with Crippen LogP contribution in [-0.4, -0.2) is 30.1 Å². The number of amides is 2. The van der Waals surface area contributed by atoms with Crippen molar-refractivity contribution in [2.75, 3.05) is 7.11 Å². The van der Waals surface area contributed by atoms with E-state index in [1.807, 2.05) is 0 Å². The summed E-state index contributed by atoms with van der Waals surface area (Å²) < 4.78 is 10.5. The van der Waals surface area contributed by atoms with Crippen molar-refractivity contribution in [1.82, 2.24) is 10.6 Å². The van der Waals surface area contributed by atoms with Crippen LogP contribution in [0.5, 0.6) is 11.5 Å². The van der Waals surface area contributed by atoms with Crippen LogP contribution in [0.15, 0.2) is 23.4 Å². The van der Waals surface area contributed by atoms with E-state index < -0.39 is 34.4 Å². The van der Waals surface area contributed by atoms with Crippen LogP contribution in [0.2, 0.25) is 0 Å². The number of carbonyl (C=O) groups is 2. The number of methoxy groups -OCH3 is 1. The number of nitro benzene ring substituents is 1. The van der Waals surface area contributed by atoms with Crippen LogP contribution in [0.3, 0.4) is 0 Å². The van der Waals surface area contributed by atoms with Crippen molar-refractivity contribution in [1.29, 1.82) is 0 Å². The fourth-order valence-corrected chi connectivity index (χ4v) is 3.50. The average molecular weight is 390 g/mol. The molecule has 3 rings (SSSR count). The maximum atomic E-state index is 12.8. The van der Waals surface area contributed by atoms with Crippen molar-refractivity contribution in [3.63, 3.8) is 0 Å². The van der Waals surface area contributed by atoms with Gasteiger partial charge >= 0.3 is 12.0 Å². The SMILES string of the molecule is COc1cc([C@H]2NC(=O)NC(C)=C2C(=O)OC2CCCC2)cc([N+](=O)[O-])c1[O-]. The Balaban J connectivity index is 2.03. The maximum absolute atomic E-state index is 12.8. The predicted octanol–water partition coefficient (Wildman–Crippen LogP) is 1.79. The van der Waals surface area contributed by atoms with Crippen molar-refractivity contribution in [3.8, 4) is 11.5 Å². The highest BCUT2D eigenvalue weighted by molar-refractivity contribution is 5.95. The molecule has 150 valence electrons. The summed E-state index contributed by atoms with van der Waals surface area (Å²) in [6.07, 6.45) is 3.30. The van der Waals surface area contributed by atoms with Gasteiger partial charge in [0.15, 0.2) is 0 Å². The van der Waals surface area contributed by atoms with Gasteiger partial charge in [-0.15, -0.1) is 0 Å². The molecule has 28 heavy (non-hydrogen) atoms. The number of urea groups is 1. The summed E-state index contributed by atoms with van der Waals surface area (Å²) in [6.45, 7) is 1.55. The third kappa shape index (κ3) is 3.71. The average Bonchev–Trinajstić information content (AvgIpc) is 3.13. The lowest BCUT2D eigenvalue weighted by molar-refractivity contribution is -0.398. The fraction of sp³-hybridized carbons (Fsp3) is 0.444. The zero-order chi connectivity index (χ0) is 20.4. The molecule has 1 heterocycles. The highest BCUT2D eigenvalue weighted by Crippen LogP contribution is 2.39. The lowest BCUT2D eigenvalue weighted by Gasteiger charge is -2.29. The lowest BCUT2D eigenvalue weighted by atomic mass is 9.94. The zero-order valence-corrected chi connectivity index (χ0v) is 15.4. The van der Waals surface area contributed by atoms with E-state index in [-0.39, 0.29) is 28.7 Å². The standard InChI is InChI=1S/C18H21N3O7/c1-9-14(17(23)28-11-5-3-4-6-11)15(20-18(24)19-9)10-7-12(21(25)26)16(22)13(8-10)27-2/h7-8,11,15,22H,3-6H2,1-2H3,(H2,19,20,24)/p-1/t15-/m1/s1. The molecule has 10 nitrogen and oxygen atoms in total. The van der Waals surface area contributed by atoms with Gasteiger partial charge in [-0.3, -0.25) is 10.1 Å². The van der Waals surface area contributed by atoms with Crippen LogP contribution in [-0.2, 0) is 9.53 Å². The van der Waals surface area contributed by atoms with E-state index in [4.69, 9.17) is 9.47 Å². The topological polar surface area (TPSA) is 143 Å². The Labute approximate surface area is 160 Å². The second-order valence-electron chi connectivity index (χ2n) is 6.71. The zero-order valence-electron chi connectivity index (χ0n) is 15.4. The molecule has 1 atom stereocenters. The molecule has 0 radical (unpaired) electrons. The number of ether oxygens (including phenoxy) is 2. The van der Waals surface area contributed by atoms with Gasteiger partial charge in [-0.05, 0) is 44.2 Å². The van der Waals surface area contributed by atoms with Crippen molar-refractivity contribution < 1.29 is 29.1 Å². The maximum Gasteiger partial charge on any atom is 0.338 e. The highest BCUT2D eigenvalue weighted by atomic mass is 16.6. The Bertz CT molecular complexity index is 859. The van der Waals surface area contributed by atoms with Crippen LogP contribution >= 0.6 is 0 Å². The molecule has 0 bridgehead atoms. The third-order valence-corrected chi connectivity index (χ3v) is 4.87. The van der Waals surface area contributed by atoms with Crippen LogP contribution in [0, 0.1) is 10.1 Å². The minimum absolute atomic E-state index is 0.126. The number of allylic oxidation sites excluding steroid dienone is 1. The molecule has 0 aromatic heterocycles. The number of rotatable bonds is 5. The molecule has 1 aliphatic carbocycles. The van der Waals surface area contributed by atoms with E-state index >= 15 is 0 Å². The molecule has 0 unspecified atom stereocenters. The Morgan fingerprint density at radius 3 is 2.57 bits per heavy atom. The van der Waals surface area contributed by atoms with Crippen LogP contribution < -0.4 is 20.5 Å². The monoisotopic (exact) mass is 390 g/mol. The molecular formula is C18H20N3O7-. The molecule has 1 aromatic carbocycles. The van der Waals surface area contributed by atoms with E-state index in [0.717, 1.165) is 31.7 Å². The van der Waals surface area contributed by atoms with Gasteiger partial charge in [0.2, 0.25) is 0 Å². The summed E-state index contributed by atoms with van der Waals surface area (Å²) in [5.74, 6) is -1.75. The largest absolute Gasteiger partial charge is 0.865 e. The van der Waals surface area contributed by atoms with Crippen LogP contribution in [0.4, 0.5) is 10.5 Å². The third-order valence-electron chi connectivity index (χ3n) is 4.87. The van der Waals surface area contributed by atoms with Gasteiger partial charge in [-0.25, -0.2) is 9.59 Å². The molecule has 0 spiro atoms. The quantitative estimate of drug-likeness (QED) is 0.443. The second-order valence-corrected chi connectivity index (χ2v) is 6.71. The van der Waals surface area contributed by atoms with Gasteiger partial charge in [0, 0.05) is 17.5 Å². The van der Waals surface area contributed by atoms with Gasteiger partial charge in [0.1, 0.15) is 11.9 Å². The molecular weight excluding hydrogens is 370 g/mol. The molecule has 1 aromatic rings. The van der Waals surface area contributed by atoms with Gasteiger partial charge in [-0.1, -0.05) is 0 Å². The fourth-order valence-electron chi connectivity index (χ4n) is 3.50. The molecule has 0 saturated heterocycles. The predicted molar refractivity (Wildman–Crippen MR) is 94.6 cm³/mol. The number of carbonyl (C=O) groups excluding carboxylic acids is 2. The van der Waals surface area contributed by atoms with Gasteiger partial charge in [0.05, 0.1) is 23.6 Å². The number of benzene rings is 1. The Kier molecular flexibility index (Phi) is 5.39. The van der Waals surface area contributed by atoms with Gasteiger partial charge in [-0.2, -0.15) is 0 Å². The van der Waals surface area contributed by atoms with Crippen LogP contribution in [0.1, 0.15) is 44.2 Å². The van der Waals surface area contributed by atoms with E-state index in [1.54, 1.807) is 6.92 Å². The van der Waals surface area contributed by atoms with Crippen LogP contribution in [0.25, 0.3) is 0 Å². The molecule has 2 amide bonds. The first kappa shape index (κ1) is 19.5. The van der Waals surface area contributed by atoms with Crippen molar-refractivity contribution in [3.05, 3.63) is 39.1 Å². The van der Waals surface area contributed by atoms with E-state index in [9.17, 15) is 24.8 Å². The number of nitrogens with one attached hydrogen (secondary N) is 2. The Hall–Kier alpha value is -3.30. The van der Waals surface area contributed by atoms with E-state index in [0.29, 0.717) is 0 Å². The molecule has 1 fully saturated rings. The summed E-state index contributed by atoms with van der Waals surface area (Å²) in [4.78, 5) is 35.2. The number of nitrogens with zero attached hydrogens (tertiary/aromatic N) is 1. The molecule has 2 N–H and O–H groups in total. The minimum Gasteiger partial charge on any atom is -0.865 e. The smallest absolute Gasteiger partial charge is 0.338 e. The summed E-state index contributed by atoms with van der Waals surface area (Å²) in [6, 6.07) is 0.725. The lowest BCUT2D eigenvalue weighted by Crippen LogP contribution is -2.45.